The molecule has 0 spiro atoms. The maximum Gasteiger partial charge on any atom is 0.150 e. The summed E-state index contributed by atoms with van der Waals surface area (Å²) in [6, 6.07) is 6.43. The first-order valence-corrected chi connectivity index (χ1v) is 8.85. The molecule has 3 nitrogen and oxygen atoms in total. The number of rotatable bonds is 3. The summed E-state index contributed by atoms with van der Waals surface area (Å²) in [6.07, 6.45) is 4.18. The van der Waals surface area contributed by atoms with Gasteiger partial charge in [-0.15, -0.1) is 0 Å². The molecular weight excluding hydrogens is 260 g/mol. The van der Waals surface area contributed by atoms with E-state index in [1.807, 2.05) is 0 Å². The smallest absolute Gasteiger partial charge is 0.150 e. The number of aliphatic hydroxyl groups is 1. The number of aryl methyl sites for hydroxylation is 2. The third kappa shape index (κ3) is 2.84. The van der Waals surface area contributed by atoms with Crippen LogP contribution in [-0.2, 0) is 29.1 Å². The SMILES string of the molecule is O=S1(=O)CCC(C(O)Cc2ccc3c(c2)CCC3)C1. The minimum absolute atomic E-state index is 0.0849. The van der Waals surface area contributed by atoms with Crippen LogP contribution in [0, 0.1) is 5.92 Å². The summed E-state index contributed by atoms with van der Waals surface area (Å²) in [5.41, 5.74) is 3.97. The van der Waals surface area contributed by atoms with Crippen molar-refractivity contribution in [3.8, 4) is 0 Å². The molecule has 0 saturated carbocycles. The maximum absolute atomic E-state index is 11.4. The Balaban J connectivity index is 1.68. The average molecular weight is 280 g/mol. The van der Waals surface area contributed by atoms with Gasteiger partial charge in [-0.1, -0.05) is 18.2 Å². The van der Waals surface area contributed by atoms with E-state index in [0.717, 1.165) is 12.0 Å². The normalized spacial score (nSPS) is 26.3. The van der Waals surface area contributed by atoms with Gasteiger partial charge < -0.3 is 5.11 Å². The van der Waals surface area contributed by atoms with Crippen molar-refractivity contribution < 1.29 is 13.5 Å². The Hall–Kier alpha value is -0.870. The van der Waals surface area contributed by atoms with E-state index >= 15 is 0 Å². The van der Waals surface area contributed by atoms with Crippen molar-refractivity contribution in [2.24, 2.45) is 5.92 Å². The molecule has 2 unspecified atom stereocenters. The molecule has 3 rings (SSSR count). The highest BCUT2D eigenvalue weighted by atomic mass is 32.2. The summed E-state index contributed by atoms with van der Waals surface area (Å²) < 4.78 is 22.9. The maximum atomic E-state index is 11.4. The first-order valence-electron chi connectivity index (χ1n) is 7.03. The minimum Gasteiger partial charge on any atom is -0.392 e. The average Bonchev–Trinajstić information content (AvgIpc) is 2.94. The Bertz CT molecular complexity index is 577. The minimum atomic E-state index is -2.90. The number of benzene rings is 1. The van der Waals surface area contributed by atoms with Gasteiger partial charge in [-0.25, -0.2) is 8.42 Å². The molecule has 0 bridgehead atoms. The number of sulfone groups is 1. The van der Waals surface area contributed by atoms with Crippen LogP contribution >= 0.6 is 0 Å². The standard InChI is InChI=1S/C15H20O3S/c16-15(14-6-7-19(17,18)10-14)9-11-4-5-12-2-1-3-13(12)8-11/h4-5,8,14-16H,1-3,6-7,9-10H2. The lowest BCUT2D eigenvalue weighted by Crippen LogP contribution is -2.24. The predicted molar refractivity (Wildman–Crippen MR) is 74.9 cm³/mol. The quantitative estimate of drug-likeness (QED) is 0.913. The van der Waals surface area contributed by atoms with E-state index in [-0.39, 0.29) is 17.4 Å². The van der Waals surface area contributed by atoms with Gasteiger partial charge in [0.15, 0.2) is 9.84 Å². The third-order valence-corrected chi connectivity index (χ3v) is 6.21. The van der Waals surface area contributed by atoms with E-state index in [1.165, 1.54) is 24.0 Å². The van der Waals surface area contributed by atoms with Crippen molar-refractivity contribution in [2.45, 2.75) is 38.2 Å². The van der Waals surface area contributed by atoms with Gasteiger partial charge in [-0.3, -0.25) is 0 Å². The summed E-state index contributed by atoms with van der Waals surface area (Å²) in [6.45, 7) is 0. The Labute approximate surface area is 114 Å². The van der Waals surface area contributed by atoms with E-state index < -0.39 is 15.9 Å². The van der Waals surface area contributed by atoms with Crippen LogP contribution in [0.25, 0.3) is 0 Å². The lowest BCUT2D eigenvalue weighted by atomic mass is 9.94. The second-order valence-corrected chi connectivity index (χ2v) is 8.12. The Kier molecular flexibility index (Phi) is 3.39. The van der Waals surface area contributed by atoms with Crippen LogP contribution < -0.4 is 0 Å². The van der Waals surface area contributed by atoms with Crippen molar-refractivity contribution in [1.82, 2.24) is 0 Å². The predicted octanol–water partition coefficient (Wildman–Crippen LogP) is 1.51. The Morgan fingerprint density at radius 2 is 2.05 bits per heavy atom. The molecule has 2 atom stereocenters. The van der Waals surface area contributed by atoms with Gasteiger partial charge >= 0.3 is 0 Å². The molecule has 1 aromatic carbocycles. The summed E-state index contributed by atoms with van der Waals surface area (Å²) in [7, 11) is -2.90. The van der Waals surface area contributed by atoms with E-state index in [2.05, 4.69) is 18.2 Å². The lowest BCUT2D eigenvalue weighted by molar-refractivity contribution is 0.120. The molecule has 19 heavy (non-hydrogen) atoms. The molecule has 1 saturated heterocycles. The summed E-state index contributed by atoms with van der Waals surface area (Å²) in [5.74, 6) is 0.302. The van der Waals surface area contributed by atoms with Gasteiger partial charge in [0, 0.05) is 5.92 Å². The highest BCUT2D eigenvalue weighted by molar-refractivity contribution is 7.91. The van der Waals surface area contributed by atoms with Gasteiger partial charge in [0.05, 0.1) is 17.6 Å². The Morgan fingerprint density at radius 3 is 2.79 bits per heavy atom. The van der Waals surface area contributed by atoms with Crippen molar-refractivity contribution in [3.63, 3.8) is 0 Å². The zero-order chi connectivity index (χ0) is 13.5. The van der Waals surface area contributed by atoms with E-state index in [4.69, 9.17) is 0 Å². The number of fused-ring (bicyclic) bond motifs is 1. The molecular formula is C15H20O3S. The summed E-state index contributed by atoms with van der Waals surface area (Å²) in [4.78, 5) is 0. The lowest BCUT2D eigenvalue weighted by Gasteiger charge is -2.17. The molecule has 104 valence electrons. The van der Waals surface area contributed by atoms with Crippen LogP contribution in [0.4, 0.5) is 0 Å². The molecule has 1 N–H and O–H groups in total. The number of hydrogen-bond acceptors (Lipinski definition) is 3. The molecule has 0 aromatic heterocycles. The molecule has 0 radical (unpaired) electrons. The Morgan fingerprint density at radius 1 is 1.26 bits per heavy atom. The molecule has 2 aliphatic rings. The largest absolute Gasteiger partial charge is 0.392 e. The van der Waals surface area contributed by atoms with E-state index in [1.54, 1.807) is 0 Å². The van der Waals surface area contributed by atoms with Gasteiger partial charge in [0.1, 0.15) is 0 Å². The van der Waals surface area contributed by atoms with Gasteiger partial charge in [0.2, 0.25) is 0 Å². The molecule has 1 heterocycles. The first-order chi connectivity index (χ1) is 9.03. The number of hydrogen-bond donors (Lipinski definition) is 1. The molecule has 0 amide bonds. The van der Waals surface area contributed by atoms with E-state index in [0.29, 0.717) is 12.8 Å². The van der Waals surface area contributed by atoms with Crippen LogP contribution in [0.1, 0.15) is 29.5 Å². The van der Waals surface area contributed by atoms with Gasteiger partial charge in [0.25, 0.3) is 0 Å². The molecule has 4 heteroatoms. The van der Waals surface area contributed by atoms with Crippen LogP contribution in [0.2, 0.25) is 0 Å². The van der Waals surface area contributed by atoms with Crippen LogP contribution in [-0.4, -0.2) is 31.1 Å². The topological polar surface area (TPSA) is 54.4 Å². The molecule has 1 aliphatic heterocycles. The fraction of sp³-hybridized carbons (Fsp3) is 0.600. The highest BCUT2D eigenvalue weighted by Crippen LogP contribution is 2.26. The van der Waals surface area contributed by atoms with E-state index in [9.17, 15) is 13.5 Å². The molecule has 1 aliphatic carbocycles. The molecule has 1 aromatic rings. The third-order valence-electron chi connectivity index (χ3n) is 4.42. The monoisotopic (exact) mass is 280 g/mol. The highest BCUT2D eigenvalue weighted by Gasteiger charge is 2.32. The van der Waals surface area contributed by atoms with Crippen molar-refractivity contribution in [3.05, 3.63) is 34.9 Å². The second kappa shape index (κ2) is 4.91. The number of aliphatic hydroxyl groups excluding tert-OH is 1. The fourth-order valence-corrected chi connectivity index (χ4v) is 5.16. The van der Waals surface area contributed by atoms with Crippen molar-refractivity contribution >= 4 is 9.84 Å². The zero-order valence-corrected chi connectivity index (χ0v) is 11.8. The molecule has 1 fully saturated rings. The van der Waals surface area contributed by atoms with Crippen molar-refractivity contribution in [2.75, 3.05) is 11.5 Å². The van der Waals surface area contributed by atoms with Gasteiger partial charge in [-0.05, 0) is 48.8 Å². The van der Waals surface area contributed by atoms with Crippen LogP contribution in [0.5, 0.6) is 0 Å². The van der Waals surface area contributed by atoms with Crippen LogP contribution in [0.15, 0.2) is 18.2 Å². The van der Waals surface area contributed by atoms with Crippen molar-refractivity contribution in [1.29, 1.82) is 0 Å². The fourth-order valence-electron chi connectivity index (χ4n) is 3.29. The second-order valence-electron chi connectivity index (χ2n) is 5.89. The summed E-state index contributed by atoms with van der Waals surface area (Å²) >= 11 is 0. The zero-order valence-electron chi connectivity index (χ0n) is 11.0. The van der Waals surface area contributed by atoms with Crippen LogP contribution in [0.3, 0.4) is 0 Å². The first kappa shape index (κ1) is 13.1. The van der Waals surface area contributed by atoms with Gasteiger partial charge in [-0.2, -0.15) is 0 Å². The summed E-state index contributed by atoms with van der Waals surface area (Å²) in [5, 5.41) is 10.2.